The van der Waals surface area contributed by atoms with Gasteiger partial charge in [0.15, 0.2) is 0 Å². The average molecular weight is 265 g/mol. The van der Waals surface area contributed by atoms with Gasteiger partial charge in [-0.05, 0) is 36.6 Å². The van der Waals surface area contributed by atoms with Crippen molar-refractivity contribution in [3.05, 3.63) is 29.3 Å². The smallest absolute Gasteiger partial charge is 0.122 e. The van der Waals surface area contributed by atoms with Crippen LogP contribution in [0.15, 0.2) is 18.2 Å². The molecule has 0 saturated carbocycles. The summed E-state index contributed by atoms with van der Waals surface area (Å²) in [7, 11) is 1.69. The molecule has 0 aliphatic carbocycles. The van der Waals surface area contributed by atoms with Crippen LogP contribution in [-0.4, -0.2) is 44.6 Å². The molecule has 2 N–H and O–H groups in total. The summed E-state index contributed by atoms with van der Waals surface area (Å²) in [6.45, 7) is 2.53. The molecule has 0 spiro atoms. The van der Waals surface area contributed by atoms with Gasteiger partial charge in [0.1, 0.15) is 5.75 Å². The number of methoxy groups -OCH3 is 1. The first-order valence-corrected chi connectivity index (χ1v) is 6.91. The zero-order valence-electron chi connectivity index (χ0n) is 11.5. The molecule has 0 bridgehead atoms. The second-order valence-corrected chi connectivity index (χ2v) is 4.91. The molecular formula is C15H23NO3. The van der Waals surface area contributed by atoms with Crippen molar-refractivity contribution in [2.24, 2.45) is 0 Å². The van der Waals surface area contributed by atoms with Gasteiger partial charge < -0.3 is 19.9 Å². The van der Waals surface area contributed by atoms with Crippen molar-refractivity contribution in [1.29, 1.82) is 0 Å². The molecule has 1 unspecified atom stereocenters. The van der Waals surface area contributed by atoms with Gasteiger partial charge in [-0.25, -0.2) is 0 Å². The molecule has 106 valence electrons. The van der Waals surface area contributed by atoms with E-state index in [-0.39, 0.29) is 12.6 Å². The molecule has 4 heteroatoms. The van der Waals surface area contributed by atoms with Gasteiger partial charge in [-0.3, -0.25) is 0 Å². The van der Waals surface area contributed by atoms with Crippen LogP contribution < -0.4 is 10.1 Å². The zero-order chi connectivity index (χ0) is 13.5. The average Bonchev–Trinajstić information content (AvgIpc) is 2.86. The number of rotatable bonds is 8. The Morgan fingerprint density at radius 3 is 3.16 bits per heavy atom. The minimum Gasteiger partial charge on any atom is -0.493 e. The molecule has 1 atom stereocenters. The summed E-state index contributed by atoms with van der Waals surface area (Å²) in [6.07, 6.45) is 2.73. The molecule has 19 heavy (non-hydrogen) atoms. The fourth-order valence-corrected chi connectivity index (χ4v) is 2.42. The van der Waals surface area contributed by atoms with Crippen LogP contribution in [0.2, 0.25) is 0 Å². The van der Waals surface area contributed by atoms with E-state index >= 15 is 0 Å². The minimum absolute atomic E-state index is 0.192. The maximum Gasteiger partial charge on any atom is 0.122 e. The molecule has 1 aromatic carbocycles. The molecule has 0 saturated heterocycles. The summed E-state index contributed by atoms with van der Waals surface area (Å²) < 4.78 is 10.6. The van der Waals surface area contributed by atoms with E-state index < -0.39 is 0 Å². The van der Waals surface area contributed by atoms with Crippen LogP contribution in [0.1, 0.15) is 17.5 Å². The van der Waals surface area contributed by atoms with Gasteiger partial charge in [-0.1, -0.05) is 12.1 Å². The van der Waals surface area contributed by atoms with Gasteiger partial charge in [-0.15, -0.1) is 0 Å². The van der Waals surface area contributed by atoms with Crippen molar-refractivity contribution in [3.63, 3.8) is 0 Å². The normalized spacial score (nSPS) is 15.1. The van der Waals surface area contributed by atoms with E-state index in [0.717, 1.165) is 38.2 Å². The Morgan fingerprint density at radius 2 is 2.37 bits per heavy atom. The first kappa shape index (κ1) is 14.3. The van der Waals surface area contributed by atoms with E-state index in [1.807, 2.05) is 0 Å². The highest BCUT2D eigenvalue weighted by Gasteiger charge is 2.12. The maximum atomic E-state index is 8.98. The van der Waals surface area contributed by atoms with E-state index in [9.17, 15) is 0 Å². The lowest BCUT2D eigenvalue weighted by Crippen LogP contribution is -2.35. The van der Waals surface area contributed by atoms with E-state index in [4.69, 9.17) is 14.6 Å². The highest BCUT2D eigenvalue weighted by molar-refractivity contribution is 5.39. The molecule has 0 amide bonds. The molecule has 0 aromatic heterocycles. The summed E-state index contributed by atoms with van der Waals surface area (Å²) in [6, 6.07) is 6.66. The Balaban J connectivity index is 1.78. The molecule has 1 aliphatic heterocycles. The Hall–Kier alpha value is -1.10. The monoisotopic (exact) mass is 265 g/mol. The van der Waals surface area contributed by atoms with Crippen LogP contribution in [0.4, 0.5) is 0 Å². The minimum atomic E-state index is 0.192. The summed E-state index contributed by atoms with van der Waals surface area (Å²) in [5.41, 5.74) is 2.65. The predicted molar refractivity (Wildman–Crippen MR) is 74.7 cm³/mol. The van der Waals surface area contributed by atoms with E-state index in [1.54, 1.807) is 7.11 Å². The van der Waals surface area contributed by atoms with Crippen LogP contribution in [0, 0.1) is 0 Å². The van der Waals surface area contributed by atoms with Crippen LogP contribution >= 0.6 is 0 Å². The number of ether oxygens (including phenoxy) is 2. The third-order valence-electron chi connectivity index (χ3n) is 3.45. The number of aliphatic hydroxyl groups is 1. The Bertz CT molecular complexity index is 389. The van der Waals surface area contributed by atoms with E-state index in [0.29, 0.717) is 6.61 Å². The highest BCUT2D eigenvalue weighted by atomic mass is 16.5. The topological polar surface area (TPSA) is 50.7 Å². The lowest BCUT2D eigenvalue weighted by molar-refractivity contribution is 0.149. The molecule has 4 nitrogen and oxygen atoms in total. The van der Waals surface area contributed by atoms with Crippen molar-refractivity contribution in [2.45, 2.75) is 25.3 Å². The van der Waals surface area contributed by atoms with Crippen LogP contribution in [0.5, 0.6) is 5.75 Å². The van der Waals surface area contributed by atoms with Gasteiger partial charge in [-0.2, -0.15) is 0 Å². The van der Waals surface area contributed by atoms with E-state index in [1.165, 1.54) is 11.1 Å². The second-order valence-electron chi connectivity index (χ2n) is 4.91. The standard InChI is InChI=1S/C15H23NO3/c1-18-11-14(5-8-17)16-7-4-12-2-3-15-13(10-12)6-9-19-15/h2-3,10,14,16-17H,4-9,11H2,1H3. The quantitative estimate of drug-likeness (QED) is 0.740. The summed E-state index contributed by atoms with van der Waals surface area (Å²) >= 11 is 0. The van der Waals surface area contributed by atoms with Gasteiger partial charge in [0, 0.05) is 26.2 Å². The third kappa shape index (κ3) is 4.20. The van der Waals surface area contributed by atoms with Crippen molar-refractivity contribution in [2.75, 3.05) is 33.5 Å². The lowest BCUT2D eigenvalue weighted by atomic mass is 10.1. The maximum absolute atomic E-state index is 8.98. The molecule has 2 rings (SSSR count). The largest absolute Gasteiger partial charge is 0.493 e. The van der Waals surface area contributed by atoms with Crippen molar-refractivity contribution < 1.29 is 14.6 Å². The van der Waals surface area contributed by atoms with Crippen LogP contribution in [0.25, 0.3) is 0 Å². The first-order chi connectivity index (χ1) is 9.33. The Morgan fingerprint density at radius 1 is 1.47 bits per heavy atom. The number of hydrogen-bond donors (Lipinski definition) is 2. The van der Waals surface area contributed by atoms with Gasteiger partial charge in [0.25, 0.3) is 0 Å². The van der Waals surface area contributed by atoms with Gasteiger partial charge in [0.2, 0.25) is 0 Å². The predicted octanol–water partition coefficient (Wildman–Crippen LogP) is 1.15. The zero-order valence-corrected chi connectivity index (χ0v) is 11.5. The Labute approximate surface area is 114 Å². The van der Waals surface area contributed by atoms with E-state index in [2.05, 4.69) is 23.5 Å². The van der Waals surface area contributed by atoms with Gasteiger partial charge >= 0.3 is 0 Å². The fraction of sp³-hybridized carbons (Fsp3) is 0.600. The van der Waals surface area contributed by atoms with Crippen molar-refractivity contribution >= 4 is 0 Å². The summed E-state index contributed by atoms with van der Waals surface area (Å²) in [4.78, 5) is 0. The third-order valence-corrected chi connectivity index (χ3v) is 3.45. The molecule has 0 radical (unpaired) electrons. The molecule has 0 fully saturated rings. The van der Waals surface area contributed by atoms with Gasteiger partial charge in [0.05, 0.1) is 13.2 Å². The lowest BCUT2D eigenvalue weighted by Gasteiger charge is -2.16. The molecule has 1 heterocycles. The molecule has 1 aromatic rings. The molecular weight excluding hydrogens is 242 g/mol. The SMILES string of the molecule is COCC(CCO)NCCc1ccc2c(c1)CCO2. The van der Waals surface area contributed by atoms with Crippen molar-refractivity contribution in [3.8, 4) is 5.75 Å². The first-order valence-electron chi connectivity index (χ1n) is 6.91. The Kier molecular flexibility index (Phi) is 5.63. The number of aliphatic hydroxyl groups excluding tert-OH is 1. The molecule has 1 aliphatic rings. The van der Waals surface area contributed by atoms with Crippen LogP contribution in [0.3, 0.4) is 0 Å². The highest BCUT2D eigenvalue weighted by Crippen LogP contribution is 2.25. The fourth-order valence-electron chi connectivity index (χ4n) is 2.42. The second kappa shape index (κ2) is 7.48. The van der Waals surface area contributed by atoms with Crippen LogP contribution in [-0.2, 0) is 17.6 Å². The number of hydrogen-bond acceptors (Lipinski definition) is 4. The van der Waals surface area contributed by atoms with Crippen molar-refractivity contribution in [1.82, 2.24) is 5.32 Å². The number of fused-ring (bicyclic) bond motifs is 1. The summed E-state index contributed by atoms with van der Waals surface area (Å²) in [5, 5.41) is 12.4. The summed E-state index contributed by atoms with van der Waals surface area (Å²) in [5.74, 6) is 1.04. The number of nitrogens with one attached hydrogen (secondary N) is 1. The number of benzene rings is 1.